The summed E-state index contributed by atoms with van der Waals surface area (Å²) in [5.74, 6) is -0.284. The third kappa shape index (κ3) is 3.82. The highest BCUT2D eigenvalue weighted by atomic mass is 32.2. The van der Waals surface area contributed by atoms with Gasteiger partial charge in [0.15, 0.2) is 0 Å². The van der Waals surface area contributed by atoms with Crippen molar-refractivity contribution in [2.45, 2.75) is 13.8 Å². The molecule has 8 heteroatoms. The number of aromatic nitrogens is 2. The molecule has 0 radical (unpaired) electrons. The van der Waals surface area contributed by atoms with Gasteiger partial charge in [-0.25, -0.2) is 8.42 Å². The van der Waals surface area contributed by atoms with Gasteiger partial charge in [-0.2, -0.15) is 5.10 Å². The lowest BCUT2D eigenvalue weighted by Crippen LogP contribution is -2.13. The van der Waals surface area contributed by atoms with E-state index in [1.54, 1.807) is 19.1 Å². The number of sulfonamides is 1. The van der Waals surface area contributed by atoms with Gasteiger partial charge in [0.05, 0.1) is 23.3 Å². The maximum absolute atomic E-state index is 12.1. The second kappa shape index (κ2) is 5.57. The van der Waals surface area contributed by atoms with Crippen LogP contribution in [0.4, 0.5) is 11.4 Å². The van der Waals surface area contributed by atoms with Gasteiger partial charge in [-0.05, 0) is 38.1 Å². The maximum atomic E-state index is 12.1. The predicted octanol–water partition coefficient (Wildman–Crippen LogP) is 1.65. The Hall–Kier alpha value is -2.35. The number of anilines is 2. The average molecular weight is 308 g/mol. The molecule has 0 atom stereocenters. The minimum Gasteiger partial charge on any atom is -0.319 e. The molecule has 0 fully saturated rings. The molecular formula is C13H16N4O3S. The van der Waals surface area contributed by atoms with Gasteiger partial charge in [-0.3, -0.25) is 14.6 Å². The molecule has 0 saturated heterocycles. The molecule has 1 aromatic carbocycles. The summed E-state index contributed by atoms with van der Waals surface area (Å²) in [5.41, 5.74) is 2.96. The van der Waals surface area contributed by atoms with Crippen molar-refractivity contribution < 1.29 is 13.2 Å². The van der Waals surface area contributed by atoms with Crippen molar-refractivity contribution in [2.75, 3.05) is 16.3 Å². The molecule has 3 N–H and O–H groups in total. The minimum atomic E-state index is -3.33. The Morgan fingerprint density at radius 1 is 1.19 bits per heavy atom. The number of hydrogen-bond donors (Lipinski definition) is 3. The van der Waals surface area contributed by atoms with Crippen molar-refractivity contribution in [1.29, 1.82) is 0 Å². The van der Waals surface area contributed by atoms with Crippen molar-refractivity contribution in [3.63, 3.8) is 0 Å². The van der Waals surface area contributed by atoms with E-state index in [1.807, 2.05) is 6.92 Å². The van der Waals surface area contributed by atoms with E-state index < -0.39 is 10.0 Å². The molecule has 0 bridgehead atoms. The molecule has 0 aliphatic carbocycles. The zero-order valence-electron chi connectivity index (χ0n) is 11.9. The van der Waals surface area contributed by atoms with Gasteiger partial charge in [0.1, 0.15) is 0 Å². The van der Waals surface area contributed by atoms with Crippen LogP contribution in [0.5, 0.6) is 0 Å². The summed E-state index contributed by atoms with van der Waals surface area (Å²) < 4.78 is 24.5. The number of H-pyrrole nitrogens is 1. The number of nitrogens with one attached hydrogen (secondary N) is 3. The normalized spacial score (nSPS) is 11.2. The predicted molar refractivity (Wildman–Crippen MR) is 80.9 cm³/mol. The minimum absolute atomic E-state index is 0.284. The Morgan fingerprint density at radius 3 is 2.29 bits per heavy atom. The molecule has 2 rings (SSSR count). The van der Waals surface area contributed by atoms with E-state index in [0.29, 0.717) is 22.6 Å². The number of carbonyl (C=O) groups excluding carboxylic acids is 1. The lowest BCUT2D eigenvalue weighted by Gasteiger charge is -2.07. The number of benzene rings is 1. The summed E-state index contributed by atoms with van der Waals surface area (Å²) >= 11 is 0. The summed E-state index contributed by atoms with van der Waals surface area (Å²) in [6, 6.07) is 6.16. The van der Waals surface area contributed by atoms with Gasteiger partial charge in [-0.15, -0.1) is 0 Å². The van der Waals surface area contributed by atoms with E-state index in [4.69, 9.17) is 0 Å². The van der Waals surface area contributed by atoms with E-state index in [2.05, 4.69) is 20.2 Å². The molecule has 21 heavy (non-hydrogen) atoms. The number of carbonyl (C=O) groups is 1. The van der Waals surface area contributed by atoms with Gasteiger partial charge in [0, 0.05) is 11.3 Å². The van der Waals surface area contributed by atoms with Crippen LogP contribution in [0.15, 0.2) is 24.3 Å². The number of nitrogens with zero attached hydrogens (tertiary/aromatic N) is 1. The first-order chi connectivity index (χ1) is 9.76. The first-order valence-corrected chi connectivity index (χ1v) is 8.06. The zero-order valence-corrected chi connectivity index (χ0v) is 12.7. The fourth-order valence-electron chi connectivity index (χ4n) is 1.82. The van der Waals surface area contributed by atoms with Gasteiger partial charge < -0.3 is 5.32 Å². The topological polar surface area (TPSA) is 104 Å². The number of amides is 1. The van der Waals surface area contributed by atoms with Crippen LogP contribution in [0.3, 0.4) is 0 Å². The molecule has 1 heterocycles. The van der Waals surface area contributed by atoms with Crippen molar-refractivity contribution in [3.05, 3.63) is 41.2 Å². The Balaban J connectivity index is 2.14. The van der Waals surface area contributed by atoms with E-state index in [-0.39, 0.29) is 5.91 Å². The monoisotopic (exact) mass is 308 g/mol. The van der Waals surface area contributed by atoms with E-state index in [9.17, 15) is 13.2 Å². The van der Waals surface area contributed by atoms with Gasteiger partial charge in [0.2, 0.25) is 10.0 Å². The largest absolute Gasteiger partial charge is 0.319 e. The smallest absolute Gasteiger partial charge is 0.255 e. The first-order valence-electron chi connectivity index (χ1n) is 6.17. The zero-order chi connectivity index (χ0) is 15.6. The van der Waals surface area contributed by atoms with Crippen LogP contribution >= 0.6 is 0 Å². The molecule has 0 spiro atoms. The fourth-order valence-corrected chi connectivity index (χ4v) is 2.39. The Kier molecular flexibility index (Phi) is 3.99. The second-order valence-corrected chi connectivity index (χ2v) is 6.46. The van der Waals surface area contributed by atoms with Crippen molar-refractivity contribution in [1.82, 2.24) is 10.2 Å². The summed E-state index contributed by atoms with van der Waals surface area (Å²) in [6.07, 6.45) is 1.07. The fraction of sp³-hybridized carbons (Fsp3) is 0.231. The maximum Gasteiger partial charge on any atom is 0.255 e. The summed E-state index contributed by atoms with van der Waals surface area (Å²) in [4.78, 5) is 12.1. The third-order valence-corrected chi connectivity index (χ3v) is 3.42. The molecule has 0 aliphatic heterocycles. The second-order valence-electron chi connectivity index (χ2n) is 4.71. The Bertz CT molecular complexity index is 744. The number of aryl methyl sites for hydroxylation is 2. The lowest BCUT2D eigenvalue weighted by atomic mass is 10.2. The molecule has 0 unspecified atom stereocenters. The molecule has 2 aromatic rings. The Labute approximate surface area is 122 Å². The van der Waals surface area contributed by atoms with Crippen molar-refractivity contribution in [3.8, 4) is 0 Å². The highest BCUT2D eigenvalue weighted by Crippen LogP contribution is 2.18. The van der Waals surface area contributed by atoms with Gasteiger partial charge >= 0.3 is 0 Å². The van der Waals surface area contributed by atoms with Crippen LogP contribution in [0.25, 0.3) is 0 Å². The van der Waals surface area contributed by atoms with Crippen LogP contribution in [-0.4, -0.2) is 30.8 Å². The molecule has 7 nitrogen and oxygen atoms in total. The van der Waals surface area contributed by atoms with Crippen LogP contribution < -0.4 is 10.0 Å². The number of aromatic amines is 1. The molecule has 0 saturated carbocycles. The van der Waals surface area contributed by atoms with Crippen LogP contribution in [0, 0.1) is 13.8 Å². The van der Waals surface area contributed by atoms with Crippen molar-refractivity contribution in [2.24, 2.45) is 0 Å². The molecule has 0 aliphatic rings. The van der Waals surface area contributed by atoms with E-state index in [0.717, 1.165) is 11.9 Å². The molecule has 112 valence electrons. The van der Waals surface area contributed by atoms with Gasteiger partial charge in [-0.1, -0.05) is 0 Å². The van der Waals surface area contributed by atoms with Crippen LogP contribution in [0.2, 0.25) is 0 Å². The Morgan fingerprint density at radius 2 is 1.81 bits per heavy atom. The van der Waals surface area contributed by atoms with Crippen LogP contribution in [-0.2, 0) is 10.0 Å². The highest BCUT2D eigenvalue weighted by molar-refractivity contribution is 7.92. The summed E-state index contributed by atoms with van der Waals surface area (Å²) in [5, 5.41) is 9.56. The highest BCUT2D eigenvalue weighted by Gasteiger charge is 2.12. The van der Waals surface area contributed by atoms with E-state index >= 15 is 0 Å². The molecular weight excluding hydrogens is 292 g/mol. The average Bonchev–Trinajstić information content (AvgIpc) is 2.69. The first kappa shape index (κ1) is 15.0. The van der Waals surface area contributed by atoms with E-state index in [1.165, 1.54) is 12.1 Å². The summed E-state index contributed by atoms with van der Waals surface area (Å²) in [6.45, 7) is 3.60. The standard InChI is InChI=1S/C13H16N4O3S/c1-8-12(9(2)16-15-8)14-13(18)10-4-6-11(7-5-10)17-21(3,19)20/h4-7,17H,1-3H3,(H,14,18)(H,15,16). The number of hydrogen-bond acceptors (Lipinski definition) is 4. The molecule has 1 aromatic heterocycles. The van der Waals surface area contributed by atoms with Crippen molar-refractivity contribution >= 4 is 27.3 Å². The summed E-state index contributed by atoms with van der Waals surface area (Å²) in [7, 11) is -3.33. The lowest BCUT2D eigenvalue weighted by molar-refractivity contribution is 0.102. The quantitative estimate of drug-likeness (QED) is 0.798. The van der Waals surface area contributed by atoms with Gasteiger partial charge in [0.25, 0.3) is 5.91 Å². The number of rotatable bonds is 4. The SMILES string of the molecule is Cc1n[nH]c(C)c1NC(=O)c1ccc(NS(C)(=O)=O)cc1. The molecule has 1 amide bonds. The third-order valence-electron chi connectivity index (χ3n) is 2.82. The van der Waals surface area contributed by atoms with Crippen LogP contribution in [0.1, 0.15) is 21.7 Å².